The summed E-state index contributed by atoms with van der Waals surface area (Å²) >= 11 is 0. The number of carbonyl (C=O) groups excluding carboxylic acids is 2. The van der Waals surface area contributed by atoms with E-state index in [0.29, 0.717) is 0 Å². The fourth-order valence-corrected chi connectivity index (χ4v) is 1.59. The molecular formula is C12H16CdN4O10+2. The number of aromatic carboxylic acids is 4. The molecule has 0 aromatic carbocycles. The van der Waals surface area contributed by atoms with Crippen molar-refractivity contribution in [3.05, 3.63) is 34.4 Å². The van der Waals surface area contributed by atoms with E-state index in [2.05, 4.69) is 19.9 Å². The van der Waals surface area contributed by atoms with E-state index in [4.69, 9.17) is 10.2 Å². The molecule has 144 valence electrons. The van der Waals surface area contributed by atoms with Gasteiger partial charge in [-0.2, -0.15) is 0 Å². The van der Waals surface area contributed by atoms with Gasteiger partial charge in [0.2, 0.25) is 0 Å². The number of carbonyl (C=O) groups is 4. The van der Waals surface area contributed by atoms with Crippen molar-refractivity contribution < 1.29 is 77.9 Å². The Bertz CT molecular complexity index is 697. The molecule has 10 N–H and O–H groups in total. The first kappa shape index (κ1) is 28.9. The third-order valence-corrected chi connectivity index (χ3v) is 2.46. The van der Waals surface area contributed by atoms with Crippen molar-refractivity contribution in [2.24, 2.45) is 0 Å². The standard InChI is InChI=1S/2C6H6N2O4.Cd.2H2O/c2*1-2-7-3(5(9)10)4(8-2)6(11)12;;;/h2*1H3,(H,7,8)(H,9,10)(H,11,12);;2*1H2/q;;+2;;. The molecule has 14 nitrogen and oxygen atoms in total. The zero-order chi connectivity index (χ0) is 18.6. The number of aromatic nitrogens is 4. The molecule has 2 rings (SSSR count). The Balaban J connectivity index is -0.000000384. The van der Waals surface area contributed by atoms with Gasteiger partial charge in [0.1, 0.15) is 23.0 Å². The summed E-state index contributed by atoms with van der Waals surface area (Å²) in [5.74, 6) is -5.48. The zero-order valence-corrected chi connectivity index (χ0v) is 18.1. The molecule has 0 aliphatic rings. The summed E-state index contributed by atoms with van der Waals surface area (Å²) < 4.78 is 0. The van der Waals surface area contributed by atoms with E-state index in [1.54, 1.807) is 0 Å². The molecule has 15 heteroatoms. The number of imidazole rings is 2. The van der Waals surface area contributed by atoms with E-state index in [1.165, 1.54) is 13.8 Å². The number of hydrogen-bond acceptors (Lipinski definition) is 8. The van der Waals surface area contributed by atoms with Gasteiger partial charge in [0.15, 0.2) is 11.4 Å². The van der Waals surface area contributed by atoms with Crippen LogP contribution in [-0.4, -0.2) is 54.0 Å². The van der Waals surface area contributed by atoms with E-state index in [-0.39, 0.29) is 49.9 Å². The van der Waals surface area contributed by atoms with Crippen molar-refractivity contribution in [1.82, 2.24) is 19.9 Å². The number of nitrogens with one attached hydrogen (secondary N) is 2. The summed E-state index contributed by atoms with van der Waals surface area (Å²) in [5.41, 5.74) is -2.04. The van der Waals surface area contributed by atoms with Gasteiger partial charge in [0, 0.05) is 0 Å². The van der Waals surface area contributed by atoms with Crippen molar-refractivity contribution in [1.29, 1.82) is 0 Å². The summed E-state index contributed by atoms with van der Waals surface area (Å²) in [6.45, 7) is 2.91. The number of carboxylic acids is 4. The van der Waals surface area contributed by atoms with Gasteiger partial charge < -0.3 is 50.9 Å². The second-order valence-corrected chi connectivity index (χ2v) is 4.28. The molecule has 2 aromatic rings. The van der Waals surface area contributed by atoms with Gasteiger partial charge in [-0.3, -0.25) is 0 Å². The number of aryl methyl sites for hydroxylation is 2. The quantitative estimate of drug-likeness (QED) is 0.237. The van der Waals surface area contributed by atoms with Gasteiger partial charge in [-0.05, 0) is 13.8 Å². The van der Waals surface area contributed by atoms with Crippen LogP contribution in [0.3, 0.4) is 0 Å². The predicted molar refractivity (Wildman–Crippen MR) is 79.0 cm³/mol. The molecule has 0 spiro atoms. The van der Waals surface area contributed by atoms with Gasteiger partial charge in [-0.15, -0.1) is 0 Å². The Kier molecular flexibility index (Phi) is 12.5. The van der Waals surface area contributed by atoms with Crippen LogP contribution in [0.15, 0.2) is 0 Å². The molecule has 0 saturated carbocycles. The van der Waals surface area contributed by atoms with E-state index in [1.807, 2.05) is 0 Å². The first-order chi connectivity index (χ1) is 11.0. The van der Waals surface area contributed by atoms with E-state index in [9.17, 15) is 29.4 Å². The molecule has 0 aliphatic heterocycles. The molecular weight excluding hydrogens is 473 g/mol. The minimum Gasteiger partial charge on any atom is -0.543 e. The third kappa shape index (κ3) is 7.50. The fraction of sp³-hybridized carbons (Fsp3) is 0.167. The SMILES string of the molecule is Cc1nc(C(=O)[O-])c(C(=O)O)[nH]1.Cc1nc(C(=O)[O-])c(C(=O)O)[nH]1.[Cd+2].[OH3+].[OH3+]. The second-order valence-electron chi connectivity index (χ2n) is 4.28. The normalized spacial score (nSPS) is 8.67. The minimum absolute atomic E-state index is 0. The Hall–Kier alpha value is -2.86. The maximum Gasteiger partial charge on any atom is 2.00 e. The Morgan fingerprint density at radius 1 is 0.778 bits per heavy atom. The molecule has 0 fully saturated rings. The van der Waals surface area contributed by atoms with E-state index in [0.717, 1.165) is 0 Å². The summed E-state index contributed by atoms with van der Waals surface area (Å²) in [5, 5.41) is 37.5. The number of aromatic amines is 2. The molecule has 2 aromatic heterocycles. The van der Waals surface area contributed by atoms with Crippen LogP contribution in [0.5, 0.6) is 0 Å². The van der Waals surface area contributed by atoms with Crippen molar-refractivity contribution in [3.8, 4) is 0 Å². The summed E-state index contributed by atoms with van der Waals surface area (Å²) in [6, 6.07) is 0. The monoisotopic (exact) mass is 490 g/mol. The van der Waals surface area contributed by atoms with Gasteiger partial charge in [-0.25, -0.2) is 19.6 Å². The van der Waals surface area contributed by atoms with Crippen LogP contribution in [0, 0.1) is 13.8 Å². The van der Waals surface area contributed by atoms with Crippen LogP contribution in [-0.2, 0) is 38.3 Å². The Morgan fingerprint density at radius 3 is 1.19 bits per heavy atom. The Labute approximate surface area is 170 Å². The van der Waals surface area contributed by atoms with Crippen LogP contribution < -0.4 is 10.2 Å². The maximum absolute atomic E-state index is 10.4. The van der Waals surface area contributed by atoms with Crippen molar-refractivity contribution in [2.45, 2.75) is 13.8 Å². The third-order valence-electron chi connectivity index (χ3n) is 2.46. The van der Waals surface area contributed by atoms with Gasteiger partial charge >= 0.3 is 39.2 Å². The van der Waals surface area contributed by atoms with Gasteiger partial charge in [-0.1, -0.05) is 0 Å². The van der Waals surface area contributed by atoms with Crippen LogP contribution in [0.25, 0.3) is 0 Å². The predicted octanol–water partition coefficient (Wildman–Crippen LogP) is -4.29. The molecule has 0 atom stereocenters. The van der Waals surface area contributed by atoms with Crippen LogP contribution in [0.1, 0.15) is 53.6 Å². The maximum atomic E-state index is 10.4. The number of nitrogens with zero attached hydrogens (tertiary/aromatic N) is 2. The van der Waals surface area contributed by atoms with Crippen molar-refractivity contribution in [3.63, 3.8) is 0 Å². The molecule has 2 heterocycles. The fourth-order valence-electron chi connectivity index (χ4n) is 1.59. The summed E-state index contributed by atoms with van der Waals surface area (Å²) in [6.07, 6.45) is 0. The van der Waals surface area contributed by atoms with Gasteiger partial charge in [0.25, 0.3) is 0 Å². The molecule has 0 unspecified atom stereocenters. The topological polar surface area (TPSA) is 278 Å². The minimum atomic E-state index is -1.60. The van der Waals surface area contributed by atoms with Gasteiger partial charge in [0.05, 0.1) is 11.9 Å². The van der Waals surface area contributed by atoms with Crippen molar-refractivity contribution in [2.75, 3.05) is 0 Å². The number of H-pyrrole nitrogens is 2. The average Bonchev–Trinajstić information content (AvgIpc) is 3.03. The molecule has 0 bridgehead atoms. The smallest absolute Gasteiger partial charge is 0.543 e. The number of hydrogen-bond donors (Lipinski definition) is 4. The Morgan fingerprint density at radius 2 is 1.04 bits per heavy atom. The summed E-state index contributed by atoms with van der Waals surface area (Å²) in [7, 11) is 0. The molecule has 0 aliphatic carbocycles. The average molecular weight is 489 g/mol. The van der Waals surface area contributed by atoms with Crippen LogP contribution in [0.4, 0.5) is 0 Å². The number of rotatable bonds is 4. The molecule has 0 saturated heterocycles. The first-order valence-corrected chi connectivity index (χ1v) is 6.07. The molecule has 0 radical (unpaired) electrons. The molecule has 0 amide bonds. The van der Waals surface area contributed by atoms with Crippen LogP contribution >= 0.6 is 0 Å². The van der Waals surface area contributed by atoms with Crippen LogP contribution in [0.2, 0.25) is 0 Å². The zero-order valence-electron chi connectivity index (χ0n) is 14.1. The second kappa shape index (κ2) is 11.7. The number of carboxylic acid groups (broad SMARTS) is 4. The summed E-state index contributed by atoms with van der Waals surface area (Å²) in [4.78, 5) is 52.8. The largest absolute Gasteiger partial charge is 2.00 e. The van der Waals surface area contributed by atoms with E-state index < -0.39 is 46.7 Å². The molecule has 27 heavy (non-hydrogen) atoms. The first-order valence-electron chi connectivity index (χ1n) is 6.07. The van der Waals surface area contributed by atoms with Crippen molar-refractivity contribution >= 4 is 23.9 Å². The van der Waals surface area contributed by atoms with E-state index >= 15 is 0 Å².